The van der Waals surface area contributed by atoms with E-state index >= 15 is 0 Å². The van der Waals surface area contributed by atoms with Gasteiger partial charge in [0.05, 0.1) is 4.92 Å². The van der Waals surface area contributed by atoms with Gasteiger partial charge >= 0.3 is 0 Å². The van der Waals surface area contributed by atoms with Gasteiger partial charge in [-0.1, -0.05) is 44.2 Å². The average Bonchev–Trinajstić information content (AvgIpc) is 2.62. The lowest BCUT2D eigenvalue weighted by Gasteiger charge is -2.29. The van der Waals surface area contributed by atoms with Crippen LogP contribution in [0.25, 0.3) is 0 Å². The summed E-state index contributed by atoms with van der Waals surface area (Å²) in [7, 11) is 0. The molecule has 0 aliphatic heterocycles. The second kappa shape index (κ2) is 8.58. The molecule has 0 fully saturated rings. The van der Waals surface area contributed by atoms with Crippen molar-refractivity contribution in [2.45, 2.75) is 33.7 Å². The second-order valence-corrected chi connectivity index (χ2v) is 6.23. The molecule has 6 nitrogen and oxygen atoms in total. The Kier molecular flexibility index (Phi) is 6.46. The number of amides is 1. The van der Waals surface area contributed by atoms with E-state index < -0.39 is 11.0 Å². The number of hydrogen-bond acceptors (Lipinski definition) is 4. The summed E-state index contributed by atoms with van der Waals surface area (Å²) in [5.41, 5.74) is 3.36. The summed E-state index contributed by atoms with van der Waals surface area (Å²) in [5.74, 6) is -0.188. The van der Waals surface area contributed by atoms with E-state index in [0.29, 0.717) is 18.7 Å². The van der Waals surface area contributed by atoms with E-state index in [9.17, 15) is 14.9 Å². The number of carbonyl (C=O) groups excluding carboxylic acids is 1. The van der Waals surface area contributed by atoms with Gasteiger partial charge in [0.15, 0.2) is 0 Å². The summed E-state index contributed by atoms with van der Waals surface area (Å²) in [4.78, 5) is 25.8. The molecule has 0 saturated heterocycles. The van der Waals surface area contributed by atoms with Crippen LogP contribution in [0, 0.1) is 24.0 Å². The van der Waals surface area contributed by atoms with Crippen molar-refractivity contribution in [2.24, 2.45) is 0 Å². The van der Waals surface area contributed by atoms with E-state index in [1.54, 1.807) is 12.1 Å². The zero-order valence-electron chi connectivity index (χ0n) is 15.7. The van der Waals surface area contributed by atoms with Crippen LogP contribution in [-0.2, 0) is 4.79 Å². The maximum atomic E-state index is 13.1. The van der Waals surface area contributed by atoms with Crippen molar-refractivity contribution in [3.8, 4) is 0 Å². The Morgan fingerprint density at radius 1 is 1.12 bits per heavy atom. The topological polar surface area (TPSA) is 75.5 Å². The lowest BCUT2D eigenvalue weighted by molar-refractivity contribution is -0.384. The Bertz CT molecular complexity index is 780. The number of carbonyl (C=O) groups is 1. The van der Waals surface area contributed by atoms with Gasteiger partial charge in [-0.15, -0.1) is 0 Å². The molecular weight excluding hydrogens is 330 g/mol. The number of para-hydroxylation sites is 1. The smallest absolute Gasteiger partial charge is 0.269 e. The summed E-state index contributed by atoms with van der Waals surface area (Å²) in [6.45, 7) is 9.15. The molecule has 0 radical (unpaired) electrons. The zero-order chi connectivity index (χ0) is 19.3. The molecule has 6 heteroatoms. The molecule has 1 N–H and O–H groups in total. The number of likely N-dealkylation sites (N-methyl/N-ethyl adjacent to an activating group) is 1. The first kappa shape index (κ1) is 19.6. The summed E-state index contributed by atoms with van der Waals surface area (Å²) in [5, 5.41) is 14.2. The first-order valence-electron chi connectivity index (χ1n) is 8.74. The van der Waals surface area contributed by atoms with Gasteiger partial charge in [-0.2, -0.15) is 0 Å². The number of benzene rings is 2. The molecule has 138 valence electrons. The summed E-state index contributed by atoms with van der Waals surface area (Å²) in [6, 6.07) is 11.5. The van der Waals surface area contributed by atoms with Crippen molar-refractivity contribution in [2.75, 3.05) is 18.4 Å². The number of nitro benzene ring substituents is 1. The molecule has 0 aromatic heterocycles. The molecule has 0 heterocycles. The maximum absolute atomic E-state index is 13.1. The molecule has 0 spiro atoms. The van der Waals surface area contributed by atoms with Crippen LogP contribution in [0.1, 0.15) is 36.6 Å². The highest BCUT2D eigenvalue weighted by molar-refractivity contribution is 5.96. The van der Waals surface area contributed by atoms with Gasteiger partial charge in [0.25, 0.3) is 5.69 Å². The maximum Gasteiger partial charge on any atom is 0.269 e. The Labute approximate surface area is 154 Å². The number of hydrogen-bond donors (Lipinski definition) is 1. The van der Waals surface area contributed by atoms with Gasteiger partial charge in [-0.05, 0) is 43.6 Å². The van der Waals surface area contributed by atoms with Gasteiger partial charge in [0.2, 0.25) is 5.91 Å². The van der Waals surface area contributed by atoms with Crippen molar-refractivity contribution in [3.63, 3.8) is 0 Å². The predicted octanol–water partition coefficient (Wildman–Crippen LogP) is 4.23. The minimum absolute atomic E-state index is 0.0143. The fourth-order valence-electron chi connectivity index (χ4n) is 3.13. The van der Waals surface area contributed by atoms with Gasteiger partial charge < -0.3 is 5.32 Å². The number of aryl methyl sites for hydroxylation is 2. The Hall–Kier alpha value is -2.73. The number of nitro groups is 1. The van der Waals surface area contributed by atoms with Gasteiger partial charge in [-0.3, -0.25) is 19.8 Å². The number of non-ortho nitro benzene ring substituents is 1. The fraction of sp³-hybridized carbons (Fsp3) is 0.350. The lowest BCUT2D eigenvalue weighted by Crippen LogP contribution is -2.37. The van der Waals surface area contributed by atoms with Crippen molar-refractivity contribution < 1.29 is 9.72 Å². The monoisotopic (exact) mass is 355 g/mol. The minimum atomic E-state index is -0.594. The average molecular weight is 355 g/mol. The van der Waals surface area contributed by atoms with Crippen LogP contribution in [-0.4, -0.2) is 28.8 Å². The van der Waals surface area contributed by atoms with Crippen LogP contribution >= 0.6 is 0 Å². The van der Waals surface area contributed by atoms with Crippen LogP contribution in [0.15, 0.2) is 42.5 Å². The van der Waals surface area contributed by atoms with E-state index in [0.717, 1.165) is 16.8 Å². The SMILES string of the molecule is CCN(CC)C(C(=O)Nc1c(C)cccc1C)c1cccc([N+](=O)[O-])c1. The second-order valence-electron chi connectivity index (χ2n) is 6.23. The Morgan fingerprint density at radius 2 is 1.69 bits per heavy atom. The predicted molar refractivity (Wildman–Crippen MR) is 103 cm³/mol. The van der Waals surface area contributed by atoms with Crippen molar-refractivity contribution >= 4 is 17.3 Å². The molecule has 2 aromatic carbocycles. The van der Waals surface area contributed by atoms with Crippen LogP contribution in [0.2, 0.25) is 0 Å². The van der Waals surface area contributed by atoms with E-state index in [4.69, 9.17) is 0 Å². The van der Waals surface area contributed by atoms with Crippen molar-refractivity contribution in [1.82, 2.24) is 4.90 Å². The minimum Gasteiger partial charge on any atom is -0.324 e. The van der Waals surface area contributed by atoms with Gasteiger partial charge in [0.1, 0.15) is 6.04 Å². The molecule has 2 rings (SSSR count). The first-order valence-corrected chi connectivity index (χ1v) is 8.74. The summed E-state index contributed by atoms with van der Waals surface area (Å²) >= 11 is 0. The lowest BCUT2D eigenvalue weighted by atomic mass is 10.0. The molecular formula is C20H25N3O3. The standard InChI is InChI=1S/C20H25N3O3/c1-5-22(6-2)19(16-11-8-12-17(13-16)23(25)26)20(24)21-18-14(3)9-7-10-15(18)4/h7-13,19H,5-6H2,1-4H3,(H,21,24). The molecule has 1 atom stereocenters. The highest BCUT2D eigenvalue weighted by atomic mass is 16.6. The molecule has 1 unspecified atom stereocenters. The highest BCUT2D eigenvalue weighted by Crippen LogP contribution is 2.27. The summed E-state index contributed by atoms with van der Waals surface area (Å²) < 4.78 is 0. The van der Waals surface area contributed by atoms with E-state index in [-0.39, 0.29) is 11.6 Å². The van der Waals surface area contributed by atoms with Crippen molar-refractivity contribution in [3.05, 3.63) is 69.3 Å². The fourth-order valence-corrected chi connectivity index (χ4v) is 3.13. The third kappa shape index (κ3) is 4.26. The van der Waals surface area contributed by atoms with E-state index in [2.05, 4.69) is 5.32 Å². The van der Waals surface area contributed by atoms with Gasteiger partial charge in [0, 0.05) is 17.8 Å². The molecule has 1 amide bonds. The first-order chi connectivity index (χ1) is 12.4. The molecule has 26 heavy (non-hydrogen) atoms. The molecule has 2 aromatic rings. The number of nitrogens with one attached hydrogen (secondary N) is 1. The van der Waals surface area contributed by atoms with E-state index in [1.807, 2.05) is 50.8 Å². The molecule has 0 aliphatic carbocycles. The van der Waals surface area contributed by atoms with Crippen LogP contribution < -0.4 is 5.32 Å². The van der Waals surface area contributed by atoms with Crippen LogP contribution in [0.5, 0.6) is 0 Å². The van der Waals surface area contributed by atoms with Gasteiger partial charge in [-0.25, -0.2) is 0 Å². The largest absolute Gasteiger partial charge is 0.324 e. The number of anilines is 1. The highest BCUT2D eigenvalue weighted by Gasteiger charge is 2.27. The molecule has 0 aliphatic rings. The number of nitrogens with zero attached hydrogens (tertiary/aromatic N) is 2. The quantitative estimate of drug-likeness (QED) is 0.595. The Morgan fingerprint density at radius 3 is 2.23 bits per heavy atom. The van der Waals surface area contributed by atoms with E-state index in [1.165, 1.54) is 12.1 Å². The molecule has 0 bridgehead atoms. The molecule has 0 saturated carbocycles. The third-order valence-corrected chi connectivity index (χ3v) is 4.55. The normalized spacial score (nSPS) is 12.0. The Balaban J connectivity index is 2.43. The van der Waals surface area contributed by atoms with Crippen LogP contribution in [0.4, 0.5) is 11.4 Å². The third-order valence-electron chi connectivity index (χ3n) is 4.55. The van der Waals surface area contributed by atoms with Crippen LogP contribution in [0.3, 0.4) is 0 Å². The summed E-state index contributed by atoms with van der Waals surface area (Å²) in [6.07, 6.45) is 0. The van der Waals surface area contributed by atoms with Crippen molar-refractivity contribution in [1.29, 1.82) is 0 Å². The zero-order valence-corrected chi connectivity index (χ0v) is 15.7. The number of rotatable bonds is 7.